The van der Waals surface area contributed by atoms with Crippen LogP contribution in [0.4, 0.5) is 16.2 Å². The maximum absolute atomic E-state index is 12.9. The van der Waals surface area contributed by atoms with Gasteiger partial charge in [0, 0.05) is 43.0 Å². The van der Waals surface area contributed by atoms with Gasteiger partial charge >= 0.3 is 0 Å². The van der Waals surface area contributed by atoms with Crippen molar-refractivity contribution < 1.29 is 14.4 Å². The molecule has 3 aromatic rings. The summed E-state index contributed by atoms with van der Waals surface area (Å²) in [7, 11) is 3.96. The molecular formula is C25H24N4O3S. The van der Waals surface area contributed by atoms with Crippen LogP contribution in [0.3, 0.4) is 0 Å². The van der Waals surface area contributed by atoms with Crippen molar-refractivity contribution in [1.29, 1.82) is 0 Å². The number of nitrogens with one attached hydrogen (secondary N) is 1. The van der Waals surface area contributed by atoms with Crippen LogP contribution < -0.4 is 10.2 Å². The molecule has 168 valence electrons. The zero-order valence-corrected chi connectivity index (χ0v) is 19.4. The lowest BCUT2D eigenvalue weighted by Crippen LogP contribution is -2.36. The molecule has 8 heteroatoms. The summed E-state index contributed by atoms with van der Waals surface area (Å²) in [6.07, 6.45) is 3.58. The maximum atomic E-state index is 12.9. The Morgan fingerprint density at radius 2 is 1.73 bits per heavy atom. The molecule has 2 aromatic carbocycles. The Bertz CT molecular complexity index is 1230. The Balaban J connectivity index is 1.48. The van der Waals surface area contributed by atoms with E-state index in [1.54, 1.807) is 18.2 Å². The zero-order valence-electron chi connectivity index (χ0n) is 18.6. The number of imide groups is 1. The first kappa shape index (κ1) is 22.4. The van der Waals surface area contributed by atoms with Crippen LogP contribution in [0.25, 0.3) is 11.8 Å². The van der Waals surface area contributed by atoms with E-state index in [1.807, 2.05) is 85.2 Å². The van der Waals surface area contributed by atoms with Crippen molar-refractivity contribution in [3.8, 4) is 5.69 Å². The van der Waals surface area contributed by atoms with E-state index in [4.69, 9.17) is 0 Å². The highest BCUT2D eigenvalue weighted by Crippen LogP contribution is 2.32. The molecule has 0 saturated carbocycles. The van der Waals surface area contributed by atoms with Gasteiger partial charge < -0.3 is 14.8 Å². The van der Waals surface area contributed by atoms with Crippen molar-refractivity contribution in [2.24, 2.45) is 0 Å². The Morgan fingerprint density at radius 3 is 2.39 bits per heavy atom. The van der Waals surface area contributed by atoms with Gasteiger partial charge in [-0.1, -0.05) is 17.7 Å². The monoisotopic (exact) mass is 460 g/mol. The minimum atomic E-state index is -0.472. The number of rotatable bonds is 6. The van der Waals surface area contributed by atoms with Crippen molar-refractivity contribution in [2.75, 3.05) is 30.9 Å². The number of nitrogens with zero attached hydrogens (tertiary/aromatic N) is 3. The summed E-state index contributed by atoms with van der Waals surface area (Å²) < 4.78 is 1.94. The van der Waals surface area contributed by atoms with Crippen molar-refractivity contribution in [1.82, 2.24) is 9.47 Å². The molecule has 2 heterocycles. The first-order chi connectivity index (χ1) is 15.8. The van der Waals surface area contributed by atoms with Gasteiger partial charge in [0.05, 0.1) is 4.91 Å². The van der Waals surface area contributed by atoms with Crippen LogP contribution in [0, 0.1) is 6.92 Å². The Morgan fingerprint density at radius 1 is 1.03 bits per heavy atom. The highest BCUT2D eigenvalue weighted by Gasteiger charge is 2.36. The van der Waals surface area contributed by atoms with Crippen molar-refractivity contribution in [3.05, 3.63) is 83.0 Å². The lowest BCUT2D eigenvalue weighted by Gasteiger charge is -2.14. The van der Waals surface area contributed by atoms with Crippen LogP contribution in [0.1, 0.15) is 11.3 Å². The quantitative estimate of drug-likeness (QED) is 0.547. The Hall–Kier alpha value is -3.78. The average molecular weight is 461 g/mol. The van der Waals surface area contributed by atoms with Crippen LogP contribution >= 0.6 is 11.8 Å². The molecule has 7 nitrogen and oxygen atoms in total. The molecule has 33 heavy (non-hydrogen) atoms. The average Bonchev–Trinajstić information content (AvgIpc) is 3.35. The van der Waals surface area contributed by atoms with E-state index in [0.717, 1.165) is 39.3 Å². The molecule has 0 bridgehead atoms. The van der Waals surface area contributed by atoms with Gasteiger partial charge in [-0.2, -0.15) is 0 Å². The van der Waals surface area contributed by atoms with Gasteiger partial charge in [-0.25, -0.2) is 0 Å². The summed E-state index contributed by atoms with van der Waals surface area (Å²) in [5, 5.41) is 2.26. The standard InChI is InChI=1S/C25H24N4O3S/c1-17-6-8-18(9-7-17)26-23(30)16-29-24(31)22(33-25(29)32)15-21-5-4-14-28(21)20-12-10-19(11-13-20)27(2)3/h4-15H,16H2,1-3H3,(H,26,30)/b22-15-. The van der Waals surface area contributed by atoms with Crippen molar-refractivity contribution in [3.63, 3.8) is 0 Å². The first-order valence-electron chi connectivity index (χ1n) is 10.4. The zero-order chi connectivity index (χ0) is 23.5. The largest absolute Gasteiger partial charge is 0.378 e. The minimum Gasteiger partial charge on any atom is -0.378 e. The van der Waals surface area contributed by atoms with Crippen LogP contribution in [0.15, 0.2) is 71.8 Å². The third-order valence-electron chi connectivity index (χ3n) is 5.21. The second-order valence-corrected chi connectivity index (χ2v) is 8.89. The number of thioether (sulfide) groups is 1. The number of aryl methyl sites for hydroxylation is 1. The summed E-state index contributed by atoms with van der Waals surface area (Å²) in [4.78, 5) is 41.0. The molecule has 3 amide bonds. The number of aromatic nitrogens is 1. The molecule has 4 rings (SSSR count). The topological polar surface area (TPSA) is 74.7 Å². The van der Waals surface area contributed by atoms with E-state index in [0.29, 0.717) is 5.69 Å². The molecule has 1 aromatic heterocycles. The summed E-state index contributed by atoms with van der Waals surface area (Å²) in [6, 6.07) is 19.1. The first-order valence-corrected chi connectivity index (χ1v) is 11.2. The lowest BCUT2D eigenvalue weighted by molar-refractivity contribution is -0.127. The Kier molecular flexibility index (Phi) is 6.37. The minimum absolute atomic E-state index is 0.285. The Labute approximate surface area is 196 Å². The molecule has 0 atom stereocenters. The van der Waals surface area contributed by atoms with Crippen LogP contribution in [-0.4, -0.2) is 47.2 Å². The number of anilines is 2. The van der Waals surface area contributed by atoms with Gasteiger partial charge in [-0.05, 0) is 73.3 Å². The van der Waals surface area contributed by atoms with E-state index >= 15 is 0 Å². The molecule has 1 fully saturated rings. The molecule has 0 radical (unpaired) electrons. The fourth-order valence-electron chi connectivity index (χ4n) is 3.41. The second-order valence-electron chi connectivity index (χ2n) is 7.90. The number of carbonyl (C=O) groups excluding carboxylic acids is 3. The predicted molar refractivity (Wildman–Crippen MR) is 133 cm³/mol. The summed E-state index contributed by atoms with van der Waals surface area (Å²) >= 11 is 0.839. The van der Waals surface area contributed by atoms with Gasteiger partial charge in [0.1, 0.15) is 6.54 Å². The lowest BCUT2D eigenvalue weighted by atomic mass is 10.2. The van der Waals surface area contributed by atoms with Crippen LogP contribution in [0.2, 0.25) is 0 Å². The van der Waals surface area contributed by atoms with E-state index in [-0.39, 0.29) is 11.4 Å². The molecule has 0 aliphatic carbocycles. The summed E-state index contributed by atoms with van der Waals surface area (Å²) in [6.45, 7) is 1.62. The van der Waals surface area contributed by atoms with Crippen LogP contribution in [0.5, 0.6) is 0 Å². The highest BCUT2D eigenvalue weighted by molar-refractivity contribution is 8.18. The van der Waals surface area contributed by atoms with E-state index in [2.05, 4.69) is 5.32 Å². The third-order valence-corrected chi connectivity index (χ3v) is 6.12. The summed E-state index contributed by atoms with van der Waals surface area (Å²) in [5.74, 6) is -0.897. The molecule has 1 aliphatic rings. The van der Waals surface area contributed by atoms with E-state index in [9.17, 15) is 14.4 Å². The third kappa shape index (κ3) is 5.01. The fourth-order valence-corrected chi connectivity index (χ4v) is 4.23. The van der Waals surface area contributed by atoms with E-state index < -0.39 is 17.1 Å². The molecule has 1 N–H and O–H groups in total. The molecular weight excluding hydrogens is 436 g/mol. The number of amides is 3. The number of benzene rings is 2. The van der Waals surface area contributed by atoms with Gasteiger partial charge in [0.15, 0.2) is 0 Å². The predicted octanol–water partition coefficient (Wildman–Crippen LogP) is 4.53. The van der Waals surface area contributed by atoms with Gasteiger partial charge in [-0.3, -0.25) is 19.3 Å². The second kappa shape index (κ2) is 9.38. The summed E-state index contributed by atoms with van der Waals surface area (Å²) in [5.41, 5.74) is 4.47. The number of carbonyl (C=O) groups is 3. The van der Waals surface area contributed by atoms with Gasteiger partial charge in [-0.15, -0.1) is 0 Å². The molecule has 1 saturated heterocycles. The SMILES string of the molecule is Cc1ccc(NC(=O)CN2C(=O)S/C(=C\c3cccn3-c3ccc(N(C)C)cc3)C2=O)cc1. The molecule has 1 aliphatic heterocycles. The van der Waals surface area contributed by atoms with Gasteiger partial charge in [0.25, 0.3) is 11.1 Å². The van der Waals surface area contributed by atoms with E-state index in [1.165, 1.54) is 0 Å². The van der Waals surface area contributed by atoms with Crippen molar-refractivity contribution >= 4 is 46.3 Å². The number of hydrogen-bond donors (Lipinski definition) is 1. The number of hydrogen-bond acceptors (Lipinski definition) is 5. The molecule has 0 unspecified atom stereocenters. The maximum Gasteiger partial charge on any atom is 0.294 e. The smallest absolute Gasteiger partial charge is 0.294 e. The van der Waals surface area contributed by atoms with Gasteiger partial charge in [0.2, 0.25) is 5.91 Å². The van der Waals surface area contributed by atoms with Crippen LogP contribution in [-0.2, 0) is 9.59 Å². The molecule has 0 spiro atoms. The van der Waals surface area contributed by atoms with Crippen molar-refractivity contribution in [2.45, 2.75) is 6.92 Å². The highest BCUT2D eigenvalue weighted by atomic mass is 32.2. The normalized spacial score (nSPS) is 14.8. The fraction of sp³-hybridized carbons (Fsp3) is 0.160.